The minimum atomic E-state index is -3.60. The van der Waals surface area contributed by atoms with Crippen molar-refractivity contribution in [1.29, 1.82) is 0 Å². The van der Waals surface area contributed by atoms with Crippen LogP contribution < -0.4 is 5.32 Å². The summed E-state index contributed by atoms with van der Waals surface area (Å²) in [7, 11) is -3.60. The molecule has 2 unspecified atom stereocenters. The van der Waals surface area contributed by atoms with E-state index in [1.807, 2.05) is 13.8 Å². The number of piperidine rings is 1. The van der Waals surface area contributed by atoms with Gasteiger partial charge in [-0.3, -0.25) is 14.9 Å². The maximum absolute atomic E-state index is 13.0. The molecule has 9 heteroatoms. The number of amides is 1. The van der Waals surface area contributed by atoms with Crippen molar-refractivity contribution >= 4 is 27.3 Å². The van der Waals surface area contributed by atoms with Crippen LogP contribution in [0.15, 0.2) is 47.4 Å². The van der Waals surface area contributed by atoms with Crippen molar-refractivity contribution in [2.75, 3.05) is 18.4 Å². The highest BCUT2D eigenvalue weighted by atomic mass is 32.2. The maximum Gasteiger partial charge on any atom is 0.273 e. The average molecular weight is 432 g/mol. The molecule has 3 rings (SSSR count). The van der Waals surface area contributed by atoms with Gasteiger partial charge < -0.3 is 5.32 Å². The summed E-state index contributed by atoms with van der Waals surface area (Å²) < 4.78 is 27.4. The number of nitro groups is 1. The van der Waals surface area contributed by atoms with Crippen LogP contribution in [0.4, 0.5) is 11.4 Å². The number of nitro benzene ring substituents is 1. The lowest BCUT2D eigenvalue weighted by molar-refractivity contribution is -0.385. The molecule has 1 fully saturated rings. The van der Waals surface area contributed by atoms with Crippen molar-refractivity contribution in [1.82, 2.24) is 4.31 Å². The number of nitrogens with zero attached hydrogens (tertiary/aromatic N) is 2. The second kappa shape index (κ2) is 8.53. The van der Waals surface area contributed by atoms with Gasteiger partial charge in [0.15, 0.2) is 0 Å². The quantitative estimate of drug-likeness (QED) is 0.572. The number of benzene rings is 2. The third-order valence-corrected chi connectivity index (χ3v) is 7.18. The smallest absolute Gasteiger partial charge is 0.273 e. The number of sulfonamides is 1. The summed E-state index contributed by atoms with van der Waals surface area (Å²) >= 11 is 0. The molecule has 1 heterocycles. The lowest BCUT2D eigenvalue weighted by Gasteiger charge is -2.34. The van der Waals surface area contributed by atoms with Gasteiger partial charge in [0, 0.05) is 36.0 Å². The predicted octanol–water partition coefficient (Wildman–Crippen LogP) is 3.82. The predicted molar refractivity (Wildman–Crippen MR) is 114 cm³/mol. The van der Waals surface area contributed by atoms with Crippen LogP contribution in [0.3, 0.4) is 0 Å². The normalized spacial score (nSPS) is 20.0. The first kappa shape index (κ1) is 21.9. The molecule has 0 spiro atoms. The van der Waals surface area contributed by atoms with E-state index in [9.17, 15) is 23.3 Å². The molecule has 1 aliphatic rings. The zero-order valence-corrected chi connectivity index (χ0v) is 18.0. The van der Waals surface area contributed by atoms with Gasteiger partial charge in [-0.25, -0.2) is 8.42 Å². The van der Waals surface area contributed by atoms with Gasteiger partial charge in [-0.15, -0.1) is 0 Å². The monoisotopic (exact) mass is 431 g/mol. The summed E-state index contributed by atoms with van der Waals surface area (Å²) in [5, 5.41) is 13.7. The molecule has 1 saturated heterocycles. The van der Waals surface area contributed by atoms with Crippen LogP contribution in [0, 0.1) is 28.9 Å². The summed E-state index contributed by atoms with van der Waals surface area (Å²) in [4.78, 5) is 23.3. The number of carbonyl (C=O) groups is 1. The van der Waals surface area contributed by atoms with Gasteiger partial charge in [-0.1, -0.05) is 19.9 Å². The van der Waals surface area contributed by atoms with Gasteiger partial charge >= 0.3 is 0 Å². The number of rotatable bonds is 5. The number of carbonyl (C=O) groups excluding carboxylic acids is 1. The number of nitrogens with one attached hydrogen (secondary N) is 1. The molecule has 2 aromatic carbocycles. The van der Waals surface area contributed by atoms with Crippen LogP contribution in [0.1, 0.15) is 36.2 Å². The number of hydrogen-bond acceptors (Lipinski definition) is 5. The maximum atomic E-state index is 13.0. The standard InChI is InChI=1S/C21H25N3O5S/c1-14-11-15(2)13-23(12-14)30(28,29)18-9-7-17(8-10-18)22-21(25)19-5-4-6-20(16(19)3)24(26)27/h4-10,14-15H,11-13H2,1-3H3,(H,22,25). The second-order valence-corrected chi connectivity index (χ2v) is 9.89. The van der Waals surface area contributed by atoms with Crippen LogP contribution in [-0.4, -0.2) is 36.6 Å². The topological polar surface area (TPSA) is 110 Å². The Bertz CT molecular complexity index is 1060. The highest BCUT2D eigenvalue weighted by Gasteiger charge is 2.31. The molecule has 0 aliphatic carbocycles. The Labute approximate surface area is 176 Å². The molecule has 1 N–H and O–H groups in total. The van der Waals surface area contributed by atoms with Crippen LogP contribution in [0.2, 0.25) is 0 Å². The van der Waals surface area contributed by atoms with Crippen molar-refractivity contribution in [3.8, 4) is 0 Å². The van der Waals surface area contributed by atoms with Crippen molar-refractivity contribution in [3.05, 3.63) is 63.7 Å². The third-order valence-electron chi connectivity index (χ3n) is 5.33. The molecule has 30 heavy (non-hydrogen) atoms. The third kappa shape index (κ3) is 4.52. The van der Waals surface area contributed by atoms with E-state index < -0.39 is 20.9 Å². The van der Waals surface area contributed by atoms with E-state index in [-0.39, 0.29) is 21.7 Å². The van der Waals surface area contributed by atoms with E-state index in [0.29, 0.717) is 30.6 Å². The summed E-state index contributed by atoms with van der Waals surface area (Å²) in [6.07, 6.45) is 1.01. The molecule has 160 valence electrons. The first-order valence-corrected chi connectivity index (χ1v) is 11.2. The first-order chi connectivity index (χ1) is 14.1. The molecule has 1 aliphatic heterocycles. The summed E-state index contributed by atoms with van der Waals surface area (Å²) in [6.45, 7) is 6.61. The van der Waals surface area contributed by atoms with Gasteiger partial charge in [0.1, 0.15) is 0 Å². The minimum Gasteiger partial charge on any atom is -0.322 e. The fourth-order valence-electron chi connectivity index (χ4n) is 3.93. The number of hydrogen-bond donors (Lipinski definition) is 1. The largest absolute Gasteiger partial charge is 0.322 e. The van der Waals surface area contributed by atoms with E-state index in [2.05, 4.69) is 5.32 Å². The van der Waals surface area contributed by atoms with Gasteiger partial charge in [0.2, 0.25) is 10.0 Å². The Hall–Kier alpha value is -2.78. The van der Waals surface area contributed by atoms with Crippen LogP contribution in [0.5, 0.6) is 0 Å². The van der Waals surface area contributed by atoms with E-state index >= 15 is 0 Å². The molecule has 2 atom stereocenters. The van der Waals surface area contributed by atoms with Crippen molar-refractivity contribution in [2.45, 2.75) is 32.1 Å². The Balaban J connectivity index is 1.77. The Morgan fingerprint density at radius 1 is 1.10 bits per heavy atom. The average Bonchev–Trinajstić information content (AvgIpc) is 2.67. The molecule has 0 saturated carbocycles. The fraction of sp³-hybridized carbons (Fsp3) is 0.381. The van der Waals surface area contributed by atoms with Crippen molar-refractivity contribution in [3.63, 3.8) is 0 Å². The molecular formula is C21H25N3O5S. The molecule has 0 bridgehead atoms. The molecule has 0 aromatic heterocycles. The Kier molecular flexibility index (Phi) is 6.23. The highest BCUT2D eigenvalue weighted by Crippen LogP contribution is 2.27. The summed E-state index contributed by atoms with van der Waals surface area (Å²) in [5.74, 6) is 0.117. The van der Waals surface area contributed by atoms with Crippen molar-refractivity contribution in [2.24, 2.45) is 11.8 Å². The lowest BCUT2D eigenvalue weighted by Crippen LogP contribution is -2.42. The van der Waals surface area contributed by atoms with Gasteiger partial charge in [0.25, 0.3) is 11.6 Å². The molecule has 1 amide bonds. The van der Waals surface area contributed by atoms with E-state index in [1.165, 1.54) is 53.7 Å². The zero-order chi connectivity index (χ0) is 22.1. The zero-order valence-electron chi connectivity index (χ0n) is 17.2. The van der Waals surface area contributed by atoms with Gasteiger partial charge in [0.05, 0.1) is 9.82 Å². The van der Waals surface area contributed by atoms with E-state index in [1.54, 1.807) is 0 Å². The number of anilines is 1. The highest BCUT2D eigenvalue weighted by molar-refractivity contribution is 7.89. The second-order valence-electron chi connectivity index (χ2n) is 7.95. The SMILES string of the molecule is Cc1c(C(=O)Nc2ccc(S(=O)(=O)N3CC(C)CC(C)C3)cc2)cccc1[N+](=O)[O-]. The molecule has 0 radical (unpaired) electrons. The lowest BCUT2D eigenvalue weighted by atomic mass is 9.94. The summed E-state index contributed by atoms with van der Waals surface area (Å²) in [6, 6.07) is 10.3. The Morgan fingerprint density at radius 2 is 1.70 bits per heavy atom. The van der Waals surface area contributed by atoms with E-state index in [4.69, 9.17) is 0 Å². The molecular weight excluding hydrogens is 406 g/mol. The van der Waals surface area contributed by atoms with Gasteiger partial charge in [-0.05, 0) is 55.5 Å². The van der Waals surface area contributed by atoms with Crippen LogP contribution in [-0.2, 0) is 10.0 Å². The molecule has 8 nitrogen and oxygen atoms in total. The van der Waals surface area contributed by atoms with E-state index in [0.717, 1.165) is 6.42 Å². The summed E-state index contributed by atoms with van der Waals surface area (Å²) in [5.41, 5.74) is 0.740. The van der Waals surface area contributed by atoms with Crippen molar-refractivity contribution < 1.29 is 18.1 Å². The first-order valence-electron chi connectivity index (χ1n) is 9.75. The van der Waals surface area contributed by atoms with Gasteiger partial charge in [-0.2, -0.15) is 4.31 Å². The van der Waals surface area contributed by atoms with Crippen LogP contribution >= 0.6 is 0 Å². The molecule has 2 aromatic rings. The van der Waals surface area contributed by atoms with Crippen LogP contribution in [0.25, 0.3) is 0 Å². The fourth-order valence-corrected chi connectivity index (χ4v) is 5.61. The minimum absolute atomic E-state index is 0.130. The Morgan fingerprint density at radius 3 is 2.27 bits per heavy atom.